The number of hydrogen-bond acceptors (Lipinski definition) is 5. The molecule has 0 radical (unpaired) electrons. The molecule has 1 heterocycles. The van der Waals surface area contributed by atoms with Crippen LogP contribution in [-0.2, 0) is 13.2 Å². The smallest absolute Gasteiger partial charge is 0.339 e. The van der Waals surface area contributed by atoms with Gasteiger partial charge in [-0.3, -0.25) is 0 Å². The first-order chi connectivity index (χ1) is 9.22. The fourth-order valence-electron chi connectivity index (χ4n) is 1.57. The van der Waals surface area contributed by atoms with E-state index in [1.807, 2.05) is 0 Å². The Bertz CT molecular complexity index is 586. The van der Waals surface area contributed by atoms with Crippen molar-refractivity contribution in [1.82, 2.24) is 9.97 Å². The van der Waals surface area contributed by atoms with Crippen molar-refractivity contribution in [3.05, 3.63) is 53.6 Å². The van der Waals surface area contributed by atoms with Crippen LogP contribution in [0.2, 0.25) is 0 Å². The van der Waals surface area contributed by atoms with Crippen molar-refractivity contribution >= 4 is 5.97 Å². The summed E-state index contributed by atoms with van der Waals surface area (Å²) in [6.07, 6.45) is 2.50. The summed E-state index contributed by atoms with van der Waals surface area (Å²) in [5.41, 5.74) is 0.924. The van der Waals surface area contributed by atoms with E-state index in [9.17, 15) is 4.79 Å². The Balaban J connectivity index is 2.17. The van der Waals surface area contributed by atoms with Crippen molar-refractivity contribution in [3.63, 3.8) is 0 Å². The van der Waals surface area contributed by atoms with Gasteiger partial charge in [0.15, 0.2) is 0 Å². The molecule has 1 aromatic carbocycles. The second kappa shape index (κ2) is 5.92. The zero-order valence-corrected chi connectivity index (χ0v) is 9.98. The summed E-state index contributed by atoms with van der Waals surface area (Å²) in [7, 11) is 0. The predicted octanol–water partition coefficient (Wildman–Crippen LogP) is 1.25. The number of ether oxygens (including phenoxy) is 1. The van der Waals surface area contributed by atoms with Gasteiger partial charge in [-0.1, -0.05) is 18.2 Å². The SMILES string of the molecule is O=C(O)c1cncnc1COc1ccccc1CO. The standard InChI is InChI=1S/C13H12N2O4/c16-6-9-3-1-2-4-12(9)19-7-11-10(13(17)18)5-14-8-15-11/h1-5,8,16H,6-7H2,(H,17,18). The second-order valence-corrected chi connectivity index (χ2v) is 3.74. The number of aromatic carboxylic acids is 1. The summed E-state index contributed by atoms with van der Waals surface area (Å²) < 4.78 is 5.49. The molecular weight excluding hydrogens is 248 g/mol. The van der Waals surface area contributed by atoms with Gasteiger partial charge in [0.1, 0.15) is 24.2 Å². The maximum Gasteiger partial charge on any atom is 0.339 e. The first-order valence-corrected chi connectivity index (χ1v) is 5.56. The van der Waals surface area contributed by atoms with E-state index in [4.69, 9.17) is 14.9 Å². The number of aromatic nitrogens is 2. The molecule has 2 rings (SSSR count). The number of aliphatic hydroxyl groups is 1. The zero-order chi connectivity index (χ0) is 13.7. The van der Waals surface area contributed by atoms with Crippen LogP contribution in [0.4, 0.5) is 0 Å². The number of carboxylic acid groups (broad SMARTS) is 1. The van der Waals surface area contributed by atoms with Gasteiger partial charge in [0.2, 0.25) is 0 Å². The van der Waals surface area contributed by atoms with E-state index in [2.05, 4.69) is 9.97 Å². The quantitative estimate of drug-likeness (QED) is 0.840. The molecule has 6 nitrogen and oxygen atoms in total. The molecule has 0 amide bonds. The molecule has 98 valence electrons. The minimum Gasteiger partial charge on any atom is -0.487 e. The number of aliphatic hydroxyl groups excluding tert-OH is 1. The third-order valence-electron chi connectivity index (χ3n) is 2.53. The van der Waals surface area contributed by atoms with Gasteiger partial charge in [0.25, 0.3) is 0 Å². The van der Waals surface area contributed by atoms with Gasteiger partial charge in [0.05, 0.1) is 12.3 Å². The molecule has 0 saturated carbocycles. The van der Waals surface area contributed by atoms with Gasteiger partial charge in [-0.2, -0.15) is 0 Å². The fraction of sp³-hybridized carbons (Fsp3) is 0.154. The zero-order valence-electron chi connectivity index (χ0n) is 9.98. The van der Waals surface area contributed by atoms with Crippen molar-refractivity contribution in [2.75, 3.05) is 0 Å². The number of carboxylic acids is 1. The van der Waals surface area contributed by atoms with E-state index < -0.39 is 5.97 Å². The maximum absolute atomic E-state index is 11.0. The summed E-state index contributed by atoms with van der Waals surface area (Å²) >= 11 is 0. The number of hydrogen-bond donors (Lipinski definition) is 2. The molecule has 0 spiro atoms. The van der Waals surface area contributed by atoms with Crippen LogP contribution in [0.25, 0.3) is 0 Å². The van der Waals surface area contributed by atoms with Crippen LogP contribution in [0.1, 0.15) is 21.6 Å². The van der Waals surface area contributed by atoms with Crippen LogP contribution in [0, 0.1) is 0 Å². The summed E-state index contributed by atoms with van der Waals surface area (Å²) in [5.74, 6) is -0.602. The minimum atomic E-state index is -1.10. The predicted molar refractivity (Wildman–Crippen MR) is 65.7 cm³/mol. The highest BCUT2D eigenvalue weighted by atomic mass is 16.5. The van der Waals surface area contributed by atoms with Gasteiger partial charge in [0, 0.05) is 11.8 Å². The van der Waals surface area contributed by atoms with Crippen LogP contribution < -0.4 is 4.74 Å². The monoisotopic (exact) mass is 260 g/mol. The van der Waals surface area contributed by atoms with Crippen LogP contribution in [0.15, 0.2) is 36.8 Å². The minimum absolute atomic E-state index is 0.00116. The van der Waals surface area contributed by atoms with Crippen molar-refractivity contribution < 1.29 is 19.7 Å². The van der Waals surface area contributed by atoms with Crippen LogP contribution in [0.5, 0.6) is 5.75 Å². The lowest BCUT2D eigenvalue weighted by molar-refractivity contribution is 0.0692. The van der Waals surface area contributed by atoms with Gasteiger partial charge in [-0.15, -0.1) is 0 Å². The highest BCUT2D eigenvalue weighted by molar-refractivity contribution is 5.88. The first kappa shape index (κ1) is 13.0. The molecular formula is C13H12N2O4. The molecule has 0 saturated heterocycles. The number of carbonyl (C=O) groups is 1. The fourth-order valence-corrected chi connectivity index (χ4v) is 1.57. The van der Waals surface area contributed by atoms with E-state index >= 15 is 0 Å². The molecule has 0 fully saturated rings. The number of nitrogens with zero attached hydrogens (tertiary/aromatic N) is 2. The third-order valence-corrected chi connectivity index (χ3v) is 2.53. The van der Waals surface area contributed by atoms with E-state index in [0.29, 0.717) is 11.3 Å². The largest absolute Gasteiger partial charge is 0.487 e. The van der Waals surface area contributed by atoms with E-state index in [1.54, 1.807) is 24.3 Å². The molecule has 2 aromatic rings. The van der Waals surface area contributed by atoms with Gasteiger partial charge in [-0.25, -0.2) is 14.8 Å². The molecule has 0 atom stereocenters. The Labute approximate surface area is 109 Å². The van der Waals surface area contributed by atoms with Gasteiger partial charge >= 0.3 is 5.97 Å². The molecule has 0 bridgehead atoms. The molecule has 2 N–H and O–H groups in total. The lowest BCUT2D eigenvalue weighted by Crippen LogP contribution is -2.09. The molecule has 0 unspecified atom stereocenters. The topological polar surface area (TPSA) is 92.5 Å². The maximum atomic E-state index is 11.0. The van der Waals surface area contributed by atoms with Crippen molar-refractivity contribution in [2.45, 2.75) is 13.2 Å². The average molecular weight is 260 g/mol. The van der Waals surface area contributed by atoms with Crippen LogP contribution >= 0.6 is 0 Å². The molecule has 0 aliphatic rings. The van der Waals surface area contributed by atoms with Crippen molar-refractivity contribution in [1.29, 1.82) is 0 Å². The lowest BCUT2D eigenvalue weighted by Gasteiger charge is -2.10. The Morgan fingerprint density at radius 3 is 2.84 bits per heavy atom. The number of benzene rings is 1. The lowest BCUT2D eigenvalue weighted by atomic mass is 10.2. The van der Waals surface area contributed by atoms with Crippen molar-refractivity contribution in [3.8, 4) is 5.75 Å². The summed E-state index contributed by atoms with van der Waals surface area (Å²) in [6, 6.07) is 6.99. The number of para-hydroxylation sites is 1. The average Bonchev–Trinajstić information content (AvgIpc) is 2.45. The van der Waals surface area contributed by atoms with E-state index in [0.717, 1.165) is 0 Å². The molecule has 6 heteroatoms. The summed E-state index contributed by atoms with van der Waals surface area (Å²) in [4.78, 5) is 18.5. The van der Waals surface area contributed by atoms with Crippen LogP contribution in [0.3, 0.4) is 0 Å². The van der Waals surface area contributed by atoms with Crippen LogP contribution in [-0.4, -0.2) is 26.2 Å². The van der Waals surface area contributed by atoms with Crippen molar-refractivity contribution in [2.24, 2.45) is 0 Å². The summed E-state index contributed by atoms with van der Waals surface area (Å²) in [6.45, 7) is -0.146. The molecule has 0 aliphatic carbocycles. The van der Waals surface area contributed by atoms with Gasteiger partial charge < -0.3 is 14.9 Å². The summed E-state index contributed by atoms with van der Waals surface area (Å²) in [5, 5.41) is 18.1. The number of rotatable bonds is 5. The normalized spacial score (nSPS) is 10.2. The highest BCUT2D eigenvalue weighted by Crippen LogP contribution is 2.19. The Morgan fingerprint density at radius 1 is 1.32 bits per heavy atom. The first-order valence-electron chi connectivity index (χ1n) is 5.56. The molecule has 19 heavy (non-hydrogen) atoms. The third kappa shape index (κ3) is 3.05. The second-order valence-electron chi connectivity index (χ2n) is 3.74. The van der Waals surface area contributed by atoms with Gasteiger partial charge in [-0.05, 0) is 6.07 Å². The Kier molecular flexibility index (Phi) is 4.04. The van der Waals surface area contributed by atoms with E-state index in [-0.39, 0.29) is 24.5 Å². The molecule has 0 aliphatic heterocycles. The molecule has 1 aromatic heterocycles. The van der Waals surface area contributed by atoms with E-state index in [1.165, 1.54) is 12.5 Å². The highest BCUT2D eigenvalue weighted by Gasteiger charge is 2.12. The Morgan fingerprint density at radius 2 is 2.11 bits per heavy atom. The Hall–Kier alpha value is -2.47.